The van der Waals surface area contributed by atoms with E-state index < -0.39 is 23.5 Å². The molecule has 0 spiro atoms. The largest absolute Gasteiger partial charge is 0.491 e. The van der Waals surface area contributed by atoms with Crippen molar-refractivity contribution >= 4 is 11.9 Å². The summed E-state index contributed by atoms with van der Waals surface area (Å²) in [6, 6.07) is 14.9. The number of benzene rings is 2. The highest BCUT2D eigenvalue weighted by molar-refractivity contribution is 5.97. The van der Waals surface area contributed by atoms with E-state index in [2.05, 4.69) is 5.32 Å². The number of esters is 1. The zero-order valence-corrected chi connectivity index (χ0v) is 16.7. The van der Waals surface area contributed by atoms with Crippen LogP contribution in [0.5, 0.6) is 5.75 Å². The van der Waals surface area contributed by atoms with Crippen LogP contribution in [-0.2, 0) is 14.3 Å². The first-order chi connectivity index (χ1) is 13.3. The fraction of sp³-hybridized carbons (Fsp3) is 0.364. The minimum Gasteiger partial charge on any atom is -0.491 e. The van der Waals surface area contributed by atoms with Crippen LogP contribution in [-0.4, -0.2) is 37.8 Å². The second-order valence-corrected chi connectivity index (χ2v) is 7.22. The van der Waals surface area contributed by atoms with Crippen molar-refractivity contribution in [3.8, 4) is 5.75 Å². The van der Waals surface area contributed by atoms with Crippen LogP contribution in [0.15, 0.2) is 54.6 Å². The van der Waals surface area contributed by atoms with Crippen molar-refractivity contribution in [2.75, 3.05) is 20.3 Å². The van der Waals surface area contributed by atoms with E-state index >= 15 is 0 Å². The Labute approximate surface area is 165 Å². The third-order valence-corrected chi connectivity index (χ3v) is 3.70. The quantitative estimate of drug-likeness (QED) is 0.556. The lowest BCUT2D eigenvalue weighted by Crippen LogP contribution is -2.38. The number of carbonyl (C=O) groups is 2. The molecule has 0 saturated carbocycles. The summed E-state index contributed by atoms with van der Waals surface area (Å²) in [7, 11) is 1.59. The second-order valence-electron chi connectivity index (χ2n) is 7.22. The second kappa shape index (κ2) is 9.90. The molecule has 1 amide bonds. The van der Waals surface area contributed by atoms with Crippen molar-refractivity contribution in [1.29, 1.82) is 0 Å². The number of amides is 1. The Hall–Kier alpha value is -2.86. The SMILES string of the molecule is COCCOc1cccc(C(=O)N[C@H](C(=O)OC(C)(C)C)c2ccccc2)c1. The van der Waals surface area contributed by atoms with Gasteiger partial charge in [0.15, 0.2) is 6.04 Å². The van der Waals surface area contributed by atoms with Crippen molar-refractivity contribution in [2.24, 2.45) is 0 Å². The summed E-state index contributed by atoms with van der Waals surface area (Å²) >= 11 is 0. The normalized spacial score (nSPS) is 12.1. The third kappa shape index (κ3) is 6.70. The zero-order valence-electron chi connectivity index (χ0n) is 16.7. The molecule has 0 bridgehead atoms. The summed E-state index contributed by atoms with van der Waals surface area (Å²) in [4.78, 5) is 25.5. The molecule has 0 heterocycles. The molecule has 0 fully saturated rings. The molecule has 6 nitrogen and oxygen atoms in total. The summed E-state index contributed by atoms with van der Waals surface area (Å²) in [6.45, 7) is 6.19. The lowest BCUT2D eigenvalue weighted by Gasteiger charge is -2.25. The van der Waals surface area contributed by atoms with Gasteiger partial charge in [-0.3, -0.25) is 4.79 Å². The summed E-state index contributed by atoms with van der Waals surface area (Å²) in [6.07, 6.45) is 0. The van der Waals surface area contributed by atoms with Gasteiger partial charge in [0.2, 0.25) is 0 Å². The standard InChI is InChI=1S/C22H27NO5/c1-22(2,3)28-21(25)19(16-9-6-5-7-10-16)23-20(24)17-11-8-12-18(15-17)27-14-13-26-4/h5-12,15,19H,13-14H2,1-4H3,(H,23,24)/t19-/m0/s1. The van der Waals surface area contributed by atoms with E-state index in [0.717, 1.165) is 0 Å². The fourth-order valence-corrected chi connectivity index (χ4v) is 2.47. The molecule has 6 heteroatoms. The smallest absolute Gasteiger partial charge is 0.333 e. The van der Waals surface area contributed by atoms with Gasteiger partial charge < -0.3 is 19.5 Å². The van der Waals surface area contributed by atoms with Crippen molar-refractivity contribution < 1.29 is 23.8 Å². The zero-order chi connectivity index (χ0) is 20.6. The average molecular weight is 385 g/mol. The van der Waals surface area contributed by atoms with E-state index in [1.807, 2.05) is 18.2 Å². The van der Waals surface area contributed by atoms with Crippen LogP contribution in [0, 0.1) is 0 Å². The van der Waals surface area contributed by atoms with E-state index in [1.165, 1.54) is 0 Å². The Kier molecular flexibility index (Phi) is 7.58. The molecule has 1 N–H and O–H groups in total. The maximum Gasteiger partial charge on any atom is 0.333 e. The summed E-state index contributed by atoms with van der Waals surface area (Å²) in [5, 5.41) is 2.77. The Morgan fingerprint density at radius 1 is 1.00 bits per heavy atom. The number of ether oxygens (including phenoxy) is 3. The Morgan fingerprint density at radius 2 is 1.71 bits per heavy atom. The highest BCUT2D eigenvalue weighted by Crippen LogP contribution is 2.20. The lowest BCUT2D eigenvalue weighted by atomic mass is 10.1. The van der Waals surface area contributed by atoms with E-state index in [-0.39, 0.29) is 0 Å². The number of methoxy groups -OCH3 is 1. The summed E-state index contributed by atoms with van der Waals surface area (Å²) in [5.74, 6) is -0.352. The predicted octanol–water partition coefficient (Wildman–Crippen LogP) is 3.52. The number of nitrogens with one attached hydrogen (secondary N) is 1. The number of hydrogen-bond donors (Lipinski definition) is 1. The Bertz CT molecular complexity index is 783. The first kappa shape index (κ1) is 21.4. The monoisotopic (exact) mass is 385 g/mol. The molecule has 1 atom stereocenters. The Morgan fingerprint density at radius 3 is 2.36 bits per heavy atom. The molecule has 2 aromatic carbocycles. The first-order valence-corrected chi connectivity index (χ1v) is 9.10. The van der Waals surface area contributed by atoms with Gasteiger partial charge in [-0.2, -0.15) is 0 Å². The van der Waals surface area contributed by atoms with Gasteiger partial charge in [0.25, 0.3) is 5.91 Å². The van der Waals surface area contributed by atoms with Crippen molar-refractivity contribution in [3.05, 3.63) is 65.7 Å². The van der Waals surface area contributed by atoms with Gasteiger partial charge in [0, 0.05) is 12.7 Å². The van der Waals surface area contributed by atoms with Crippen molar-refractivity contribution in [2.45, 2.75) is 32.4 Å². The molecule has 0 saturated heterocycles. The minimum absolute atomic E-state index is 0.381. The maximum atomic E-state index is 12.8. The van der Waals surface area contributed by atoms with Crippen LogP contribution in [0.25, 0.3) is 0 Å². The first-order valence-electron chi connectivity index (χ1n) is 9.10. The van der Waals surface area contributed by atoms with Gasteiger partial charge in [-0.1, -0.05) is 36.4 Å². The maximum absolute atomic E-state index is 12.8. The van der Waals surface area contributed by atoms with Crippen molar-refractivity contribution in [3.63, 3.8) is 0 Å². The molecule has 150 valence electrons. The topological polar surface area (TPSA) is 73.9 Å². The summed E-state index contributed by atoms with van der Waals surface area (Å²) in [5.41, 5.74) is 0.376. The molecule has 2 aromatic rings. The van der Waals surface area contributed by atoms with E-state index in [9.17, 15) is 9.59 Å². The van der Waals surface area contributed by atoms with E-state index in [4.69, 9.17) is 14.2 Å². The van der Waals surface area contributed by atoms with Crippen LogP contribution >= 0.6 is 0 Å². The minimum atomic E-state index is -0.911. The Balaban J connectivity index is 2.18. The van der Waals surface area contributed by atoms with Crippen molar-refractivity contribution in [1.82, 2.24) is 5.32 Å². The van der Waals surface area contributed by atoms with Crippen LogP contribution in [0.2, 0.25) is 0 Å². The molecular weight excluding hydrogens is 358 g/mol. The van der Waals surface area contributed by atoms with Gasteiger partial charge in [-0.25, -0.2) is 4.79 Å². The van der Waals surface area contributed by atoms with Gasteiger partial charge in [0.05, 0.1) is 6.61 Å². The van der Waals surface area contributed by atoms with E-state index in [0.29, 0.717) is 30.1 Å². The molecule has 0 aliphatic heterocycles. The van der Waals surface area contributed by atoms with Crippen LogP contribution in [0.1, 0.15) is 42.7 Å². The average Bonchev–Trinajstić information content (AvgIpc) is 2.65. The van der Waals surface area contributed by atoms with Crippen LogP contribution in [0.3, 0.4) is 0 Å². The van der Waals surface area contributed by atoms with Gasteiger partial charge >= 0.3 is 5.97 Å². The van der Waals surface area contributed by atoms with Gasteiger partial charge in [0.1, 0.15) is 18.0 Å². The summed E-state index contributed by atoms with van der Waals surface area (Å²) < 4.78 is 16.0. The van der Waals surface area contributed by atoms with Gasteiger partial charge in [-0.15, -0.1) is 0 Å². The molecule has 0 aliphatic carbocycles. The lowest BCUT2D eigenvalue weighted by molar-refractivity contribution is -0.157. The van der Waals surface area contributed by atoms with Crippen LogP contribution in [0.4, 0.5) is 0 Å². The fourth-order valence-electron chi connectivity index (χ4n) is 2.47. The van der Waals surface area contributed by atoms with Crippen LogP contribution < -0.4 is 10.1 Å². The van der Waals surface area contributed by atoms with Gasteiger partial charge in [-0.05, 0) is 44.5 Å². The number of hydrogen-bond acceptors (Lipinski definition) is 5. The molecule has 28 heavy (non-hydrogen) atoms. The predicted molar refractivity (Wildman–Crippen MR) is 106 cm³/mol. The molecule has 2 rings (SSSR count). The molecular formula is C22H27NO5. The molecule has 0 aliphatic rings. The molecule has 0 aromatic heterocycles. The number of rotatable bonds is 8. The third-order valence-electron chi connectivity index (χ3n) is 3.70. The highest BCUT2D eigenvalue weighted by Gasteiger charge is 2.28. The number of carbonyl (C=O) groups excluding carboxylic acids is 2. The highest BCUT2D eigenvalue weighted by atomic mass is 16.6. The van der Waals surface area contributed by atoms with E-state index in [1.54, 1.807) is 64.3 Å². The molecule has 0 unspecified atom stereocenters. The molecule has 0 radical (unpaired) electrons.